The van der Waals surface area contributed by atoms with Crippen molar-refractivity contribution >= 4 is 45.4 Å². The minimum atomic E-state index is -4.51. The number of aromatic nitrogens is 1. The van der Waals surface area contributed by atoms with E-state index in [4.69, 9.17) is 11.6 Å². The van der Waals surface area contributed by atoms with E-state index in [0.29, 0.717) is 34.1 Å². The Morgan fingerprint density at radius 3 is 2.59 bits per heavy atom. The van der Waals surface area contributed by atoms with E-state index in [-0.39, 0.29) is 30.0 Å². The molecule has 1 N–H and O–H groups in total. The standard InChI is InChI=1S/C26H25ClF3N5O3S/c1-34(2)16-32-39(37,38)23-13-20(33-25(36)12-17-5-3-4-6-22(17)27)11-18-15-35(10-9-21(18)23)24-8-7-19(14-31-24)26(28,29)30/h3-8,11,13-14,16H,9-10,12,15H2,1-2H3,(H,33,36)/b32-16+. The highest BCUT2D eigenvalue weighted by molar-refractivity contribution is 7.90. The highest BCUT2D eigenvalue weighted by atomic mass is 35.5. The van der Waals surface area contributed by atoms with Crippen LogP contribution in [-0.2, 0) is 40.4 Å². The second-order valence-corrected chi connectivity index (χ2v) is 11.2. The van der Waals surface area contributed by atoms with Gasteiger partial charge >= 0.3 is 6.18 Å². The van der Waals surface area contributed by atoms with Gasteiger partial charge in [-0.15, -0.1) is 4.40 Å². The first-order valence-electron chi connectivity index (χ1n) is 11.8. The van der Waals surface area contributed by atoms with E-state index in [0.717, 1.165) is 12.3 Å². The smallest absolute Gasteiger partial charge is 0.368 e. The molecule has 4 rings (SSSR count). The first kappa shape index (κ1) is 28.4. The number of halogens is 4. The van der Waals surface area contributed by atoms with Gasteiger partial charge in [0.15, 0.2) is 0 Å². The van der Waals surface area contributed by atoms with Crippen molar-refractivity contribution in [2.45, 2.75) is 30.5 Å². The van der Waals surface area contributed by atoms with E-state index in [1.807, 2.05) is 0 Å². The van der Waals surface area contributed by atoms with Crippen LogP contribution in [-0.4, -0.2) is 51.2 Å². The molecule has 1 aliphatic rings. The van der Waals surface area contributed by atoms with Gasteiger partial charge in [-0.05, 0) is 53.4 Å². The number of nitrogens with zero attached hydrogens (tertiary/aromatic N) is 4. The summed E-state index contributed by atoms with van der Waals surface area (Å²) in [6, 6.07) is 12.1. The van der Waals surface area contributed by atoms with E-state index >= 15 is 0 Å². The molecule has 2 heterocycles. The number of amides is 1. The summed E-state index contributed by atoms with van der Waals surface area (Å²) in [5.41, 5.74) is 1.10. The van der Waals surface area contributed by atoms with Gasteiger partial charge in [-0.1, -0.05) is 29.8 Å². The fourth-order valence-corrected chi connectivity index (χ4v) is 5.58. The summed E-state index contributed by atoms with van der Waals surface area (Å²) in [6.07, 6.45) is -2.32. The average molecular weight is 580 g/mol. The third kappa shape index (κ3) is 6.87. The largest absolute Gasteiger partial charge is 0.417 e. The molecule has 1 aliphatic heterocycles. The van der Waals surface area contributed by atoms with E-state index < -0.39 is 27.7 Å². The van der Waals surface area contributed by atoms with Crippen molar-refractivity contribution in [3.8, 4) is 0 Å². The number of benzene rings is 2. The van der Waals surface area contributed by atoms with Gasteiger partial charge in [0.25, 0.3) is 10.0 Å². The average Bonchev–Trinajstić information content (AvgIpc) is 2.87. The molecule has 0 radical (unpaired) electrons. The van der Waals surface area contributed by atoms with E-state index in [1.165, 1.54) is 23.4 Å². The molecule has 8 nitrogen and oxygen atoms in total. The zero-order valence-corrected chi connectivity index (χ0v) is 22.6. The zero-order chi connectivity index (χ0) is 28.4. The van der Waals surface area contributed by atoms with Gasteiger partial charge in [0.1, 0.15) is 12.2 Å². The Morgan fingerprint density at radius 2 is 1.95 bits per heavy atom. The van der Waals surface area contributed by atoms with Crippen LogP contribution in [0.5, 0.6) is 0 Å². The number of nitrogens with one attached hydrogen (secondary N) is 1. The van der Waals surface area contributed by atoms with Gasteiger partial charge in [-0.25, -0.2) is 4.98 Å². The van der Waals surface area contributed by atoms with Crippen LogP contribution in [0.1, 0.15) is 22.3 Å². The summed E-state index contributed by atoms with van der Waals surface area (Å²) >= 11 is 6.17. The molecule has 0 saturated heterocycles. The number of alkyl halides is 3. The number of anilines is 2. The first-order valence-corrected chi connectivity index (χ1v) is 13.6. The molecule has 1 aromatic heterocycles. The summed E-state index contributed by atoms with van der Waals surface area (Å²) < 4.78 is 69.0. The normalized spacial score (nSPS) is 13.8. The molecule has 39 heavy (non-hydrogen) atoms. The van der Waals surface area contributed by atoms with Crippen LogP contribution < -0.4 is 10.2 Å². The van der Waals surface area contributed by atoms with Crippen LogP contribution in [0.25, 0.3) is 0 Å². The Labute approximate surface area is 229 Å². The van der Waals surface area contributed by atoms with E-state index in [9.17, 15) is 26.4 Å². The summed E-state index contributed by atoms with van der Waals surface area (Å²) in [5, 5.41) is 3.17. The molecule has 1 amide bonds. The second-order valence-electron chi connectivity index (χ2n) is 9.16. The Balaban J connectivity index is 1.68. The van der Waals surface area contributed by atoms with Crippen LogP contribution in [0, 0.1) is 0 Å². The van der Waals surface area contributed by atoms with Crippen LogP contribution in [0.3, 0.4) is 0 Å². The number of pyridine rings is 1. The van der Waals surface area contributed by atoms with Crippen LogP contribution in [0.4, 0.5) is 24.7 Å². The summed E-state index contributed by atoms with van der Waals surface area (Å²) in [7, 11) is -0.861. The summed E-state index contributed by atoms with van der Waals surface area (Å²) in [4.78, 5) is 20.0. The van der Waals surface area contributed by atoms with Gasteiger partial charge in [-0.3, -0.25) is 4.79 Å². The molecular weight excluding hydrogens is 555 g/mol. The minimum absolute atomic E-state index is 0.0285. The molecule has 0 aliphatic carbocycles. The van der Waals surface area contributed by atoms with Crippen molar-refractivity contribution < 1.29 is 26.4 Å². The number of hydrogen-bond donors (Lipinski definition) is 1. The Kier molecular flexibility index (Phi) is 8.17. The number of carbonyl (C=O) groups is 1. The number of carbonyl (C=O) groups excluding carboxylic acids is 1. The number of fused-ring (bicyclic) bond motifs is 1. The minimum Gasteiger partial charge on any atom is -0.368 e. The van der Waals surface area contributed by atoms with Crippen molar-refractivity contribution in [2.75, 3.05) is 30.9 Å². The maximum Gasteiger partial charge on any atom is 0.417 e. The molecule has 0 fully saturated rings. The number of hydrogen-bond acceptors (Lipinski definition) is 5. The summed E-state index contributed by atoms with van der Waals surface area (Å²) in [5.74, 6) is -0.0860. The van der Waals surface area contributed by atoms with E-state index in [2.05, 4.69) is 14.7 Å². The molecule has 3 aromatic rings. The van der Waals surface area contributed by atoms with Crippen LogP contribution >= 0.6 is 11.6 Å². The lowest BCUT2D eigenvalue weighted by molar-refractivity contribution is -0.137. The molecule has 0 unspecified atom stereocenters. The summed E-state index contributed by atoms with van der Waals surface area (Å²) in [6.45, 7) is 0.491. The van der Waals surface area contributed by atoms with Gasteiger partial charge in [-0.2, -0.15) is 21.6 Å². The zero-order valence-electron chi connectivity index (χ0n) is 21.0. The lowest BCUT2D eigenvalue weighted by Gasteiger charge is -2.31. The lowest BCUT2D eigenvalue weighted by atomic mass is 9.98. The van der Waals surface area contributed by atoms with Gasteiger partial charge in [0.05, 0.1) is 16.9 Å². The maximum atomic E-state index is 13.2. The maximum absolute atomic E-state index is 13.2. The predicted molar refractivity (Wildman–Crippen MR) is 144 cm³/mol. The van der Waals surface area contributed by atoms with Crippen LogP contribution in [0.15, 0.2) is 64.0 Å². The fourth-order valence-electron chi connectivity index (χ4n) is 4.13. The predicted octanol–water partition coefficient (Wildman–Crippen LogP) is 4.78. The van der Waals surface area contributed by atoms with Gasteiger partial charge in [0, 0.05) is 44.1 Å². The van der Waals surface area contributed by atoms with Crippen molar-refractivity contribution in [3.05, 3.63) is 82.0 Å². The molecule has 206 valence electrons. The third-order valence-electron chi connectivity index (χ3n) is 5.98. The fraction of sp³-hybridized carbons (Fsp3) is 0.269. The molecule has 0 spiro atoms. The first-order chi connectivity index (χ1) is 18.3. The van der Waals surface area contributed by atoms with Gasteiger partial charge in [0.2, 0.25) is 5.91 Å². The third-order valence-corrected chi connectivity index (χ3v) is 7.64. The molecule has 0 atom stereocenters. The molecule has 0 bridgehead atoms. The Morgan fingerprint density at radius 1 is 1.21 bits per heavy atom. The number of sulfonamides is 1. The molecular formula is C26H25ClF3N5O3S. The van der Waals surface area contributed by atoms with Crippen molar-refractivity contribution in [3.63, 3.8) is 0 Å². The Bertz CT molecular complexity index is 1510. The lowest BCUT2D eigenvalue weighted by Crippen LogP contribution is -2.32. The highest BCUT2D eigenvalue weighted by Gasteiger charge is 2.31. The van der Waals surface area contributed by atoms with Crippen molar-refractivity contribution in [1.82, 2.24) is 9.88 Å². The molecule has 13 heteroatoms. The topological polar surface area (TPSA) is 95.0 Å². The molecule has 0 saturated carbocycles. The molecule has 2 aromatic carbocycles. The van der Waals surface area contributed by atoms with Gasteiger partial charge < -0.3 is 15.1 Å². The monoisotopic (exact) mass is 579 g/mol. The van der Waals surface area contributed by atoms with Crippen molar-refractivity contribution in [1.29, 1.82) is 0 Å². The SMILES string of the molecule is CN(C)/C=N/S(=O)(=O)c1cc(NC(=O)Cc2ccccc2Cl)cc2c1CCN(c1ccc(C(F)(F)F)cn1)C2. The van der Waals surface area contributed by atoms with E-state index in [1.54, 1.807) is 49.3 Å². The quantitative estimate of drug-likeness (QED) is 0.320. The number of rotatable bonds is 7. The van der Waals surface area contributed by atoms with Crippen molar-refractivity contribution in [2.24, 2.45) is 4.40 Å². The highest BCUT2D eigenvalue weighted by Crippen LogP contribution is 2.34. The second kappa shape index (κ2) is 11.2. The Hall–Kier alpha value is -3.64. The van der Waals surface area contributed by atoms with Crippen LogP contribution in [0.2, 0.25) is 5.02 Å².